The van der Waals surface area contributed by atoms with E-state index in [0.717, 1.165) is 31.1 Å². The molecule has 1 aliphatic rings. The number of aromatic nitrogens is 3. The van der Waals surface area contributed by atoms with Gasteiger partial charge in [-0.1, -0.05) is 11.3 Å². The highest BCUT2D eigenvalue weighted by Gasteiger charge is 2.20. The number of fused-ring (bicyclic) bond motifs is 1. The van der Waals surface area contributed by atoms with Crippen LogP contribution < -0.4 is 10.5 Å². The Bertz CT molecular complexity index is 627. The van der Waals surface area contributed by atoms with Gasteiger partial charge in [-0.2, -0.15) is 4.52 Å². The van der Waals surface area contributed by atoms with Crippen molar-refractivity contribution >= 4 is 21.4 Å². The molecule has 0 atom stereocenters. The van der Waals surface area contributed by atoms with Gasteiger partial charge in [-0.25, -0.2) is 4.98 Å². The van der Waals surface area contributed by atoms with Crippen LogP contribution in [0, 0.1) is 6.92 Å². The summed E-state index contributed by atoms with van der Waals surface area (Å²) < 4.78 is 1.35. The zero-order chi connectivity index (χ0) is 12.7. The fourth-order valence-corrected chi connectivity index (χ4v) is 3.10. The van der Waals surface area contributed by atoms with E-state index in [-0.39, 0.29) is 11.7 Å². The van der Waals surface area contributed by atoms with Crippen molar-refractivity contribution in [2.45, 2.75) is 25.9 Å². The lowest BCUT2D eigenvalue weighted by Gasteiger charge is -2.28. The monoisotopic (exact) mass is 266 g/mol. The van der Waals surface area contributed by atoms with Crippen molar-refractivity contribution in [2.24, 2.45) is 0 Å². The smallest absolute Gasteiger partial charge is 0.275 e. The summed E-state index contributed by atoms with van der Waals surface area (Å²) in [6, 6.07) is 1.48. The van der Waals surface area contributed by atoms with Crippen molar-refractivity contribution in [1.82, 2.24) is 14.6 Å². The molecule has 2 aromatic rings. The van der Waals surface area contributed by atoms with Crippen molar-refractivity contribution in [1.29, 1.82) is 0 Å². The van der Waals surface area contributed by atoms with Gasteiger partial charge in [0, 0.05) is 24.8 Å². The Morgan fingerprint density at radius 2 is 2.17 bits per heavy atom. The first-order chi connectivity index (χ1) is 8.63. The second-order valence-electron chi connectivity index (χ2n) is 4.53. The van der Waals surface area contributed by atoms with Gasteiger partial charge in [0.2, 0.25) is 10.1 Å². The molecule has 7 heteroatoms. The van der Waals surface area contributed by atoms with Gasteiger partial charge >= 0.3 is 0 Å². The summed E-state index contributed by atoms with van der Waals surface area (Å²) in [7, 11) is 0. The van der Waals surface area contributed by atoms with Crippen LogP contribution in [0.4, 0.5) is 5.13 Å². The van der Waals surface area contributed by atoms with Crippen LogP contribution in [0.2, 0.25) is 0 Å². The molecule has 2 aromatic heterocycles. The molecule has 0 saturated carbocycles. The fourth-order valence-electron chi connectivity index (χ4n) is 2.10. The average Bonchev–Trinajstić information content (AvgIpc) is 2.74. The van der Waals surface area contributed by atoms with E-state index in [9.17, 15) is 9.90 Å². The third kappa shape index (κ3) is 1.99. The maximum Gasteiger partial charge on any atom is 0.275 e. The Morgan fingerprint density at radius 3 is 2.89 bits per heavy atom. The second-order valence-corrected chi connectivity index (χ2v) is 5.47. The summed E-state index contributed by atoms with van der Waals surface area (Å²) in [5.41, 5.74) is 0.571. The Hall–Kier alpha value is -1.47. The van der Waals surface area contributed by atoms with Crippen molar-refractivity contribution in [3.05, 3.63) is 22.1 Å². The van der Waals surface area contributed by atoms with Crippen LogP contribution in [0.5, 0.6) is 0 Å². The molecule has 0 bridgehead atoms. The average molecular weight is 266 g/mol. The number of aliphatic hydroxyl groups is 1. The Labute approximate surface area is 108 Å². The lowest BCUT2D eigenvalue weighted by atomic mass is 10.1. The highest BCUT2D eigenvalue weighted by Crippen LogP contribution is 2.24. The van der Waals surface area contributed by atoms with E-state index >= 15 is 0 Å². The molecule has 0 radical (unpaired) electrons. The zero-order valence-corrected chi connectivity index (χ0v) is 10.9. The van der Waals surface area contributed by atoms with Gasteiger partial charge in [-0.05, 0) is 19.8 Å². The number of rotatable bonds is 1. The molecule has 96 valence electrons. The summed E-state index contributed by atoms with van der Waals surface area (Å²) in [6.07, 6.45) is 1.29. The summed E-state index contributed by atoms with van der Waals surface area (Å²) in [5.74, 6) is 0. The third-order valence-corrected chi connectivity index (χ3v) is 4.07. The van der Waals surface area contributed by atoms with Crippen molar-refractivity contribution in [2.75, 3.05) is 18.0 Å². The van der Waals surface area contributed by atoms with Gasteiger partial charge in [-0.3, -0.25) is 4.79 Å². The van der Waals surface area contributed by atoms with Gasteiger partial charge in [0.05, 0.1) is 6.10 Å². The topological polar surface area (TPSA) is 70.7 Å². The number of hydrogen-bond donors (Lipinski definition) is 1. The predicted octanol–water partition coefficient (Wildman–Crippen LogP) is 0.421. The van der Waals surface area contributed by atoms with Crippen LogP contribution in [0.1, 0.15) is 18.5 Å². The molecule has 0 spiro atoms. The summed E-state index contributed by atoms with van der Waals surface area (Å²) >= 11 is 1.42. The Balaban J connectivity index is 1.98. The van der Waals surface area contributed by atoms with Crippen LogP contribution in [0.25, 0.3) is 4.96 Å². The highest BCUT2D eigenvalue weighted by atomic mass is 32.1. The predicted molar refractivity (Wildman–Crippen MR) is 69.3 cm³/mol. The van der Waals surface area contributed by atoms with Crippen LogP contribution in [-0.2, 0) is 0 Å². The summed E-state index contributed by atoms with van der Waals surface area (Å²) in [5, 5.41) is 14.6. The summed E-state index contributed by atoms with van der Waals surface area (Å²) in [4.78, 5) is 18.8. The normalized spacial score (nSPS) is 17.6. The number of aryl methyl sites for hydroxylation is 1. The molecular weight excluding hydrogens is 252 g/mol. The molecule has 0 amide bonds. The van der Waals surface area contributed by atoms with Gasteiger partial charge in [0.25, 0.3) is 5.56 Å². The number of nitrogens with zero attached hydrogens (tertiary/aromatic N) is 4. The number of hydrogen-bond acceptors (Lipinski definition) is 6. The molecule has 0 unspecified atom stereocenters. The minimum absolute atomic E-state index is 0.142. The minimum Gasteiger partial charge on any atom is -0.393 e. The van der Waals surface area contributed by atoms with E-state index in [0.29, 0.717) is 10.7 Å². The Kier molecular flexibility index (Phi) is 2.79. The molecule has 1 aliphatic heterocycles. The van der Waals surface area contributed by atoms with Crippen LogP contribution >= 0.6 is 11.3 Å². The van der Waals surface area contributed by atoms with Crippen LogP contribution in [0.15, 0.2) is 10.9 Å². The molecule has 1 fully saturated rings. The van der Waals surface area contributed by atoms with Crippen LogP contribution in [-0.4, -0.2) is 38.9 Å². The molecule has 6 nitrogen and oxygen atoms in total. The van der Waals surface area contributed by atoms with E-state index in [1.807, 2.05) is 0 Å². The largest absolute Gasteiger partial charge is 0.393 e. The maximum absolute atomic E-state index is 11.8. The number of aliphatic hydroxyl groups excluding tert-OH is 1. The molecule has 18 heavy (non-hydrogen) atoms. The first-order valence-electron chi connectivity index (χ1n) is 5.94. The van der Waals surface area contributed by atoms with E-state index in [1.54, 1.807) is 6.92 Å². The second kappa shape index (κ2) is 4.33. The lowest BCUT2D eigenvalue weighted by molar-refractivity contribution is 0.145. The number of anilines is 1. The maximum atomic E-state index is 11.8. The first kappa shape index (κ1) is 11.6. The molecule has 0 aromatic carbocycles. The quantitative estimate of drug-likeness (QED) is 0.810. The standard InChI is InChI=1S/C11H14N4O2S/c1-7-6-9(17)15-10(12-7)18-11(13-15)14-4-2-8(16)3-5-14/h6,8,16H,2-5H2,1H3. The van der Waals surface area contributed by atoms with E-state index in [4.69, 9.17) is 0 Å². The third-order valence-electron chi connectivity index (χ3n) is 3.10. The molecular formula is C11H14N4O2S. The van der Waals surface area contributed by atoms with E-state index in [1.165, 1.54) is 21.9 Å². The lowest BCUT2D eigenvalue weighted by Crippen LogP contribution is -2.35. The van der Waals surface area contributed by atoms with Crippen LogP contribution in [0.3, 0.4) is 0 Å². The SMILES string of the molecule is Cc1cc(=O)n2nc(N3CCC(O)CC3)sc2n1. The van der Waals surface area contributed by atoms with Crippen molar-refractivity contribution in [3.8, 4) is 0 Å². The zero-order valence-electron chi connectivity index (χ0n) is 10.0. The highest BCUT2D eigenvalue weighted by molar-refractivity contribution is 7.20. The molecule has 1 N–H and O–H groups in total. The van der Waals surface area contributed by atoms with Crippen molar-refractivity contribution < 1.29 is 5.11 Å². The van der Waals surface area contributed by atoms with Gasteiger partial charge < -0.3 is 10.0 Å². The van der Waals surface area contributed by atoms with Gasteiger partial charge in [-0.15, -0.1) is 5.10 Å². The minimum atomic E-state index is -0.210. The van der Waals surface area contributed by atoms with E-state index < -0.39 is 0 Å². The summed E-state index contributed by atoms with van der Waals surface area (Å²) in [6.45, 7) is 3.35. The molecule has 0 aliphatic carbocycles. The molecule has 3 heterocycles. The Morgan fingerprint density at radius 1 is 1.44 bits per heavy atom. The number of piperidine rings is 1. The molecule has 1 saturated heterocycles. The van der Waals surface area contributed by atoms with Gasteiger partial charge in [0.1, 0.15) is 0 Å². The first-order valence-corrected chi connectivity index (χ1v) is 6.76. The van der Waals surface area contributed by atoms with E-state index in [2.05, 4.69) is 15.0 Å². The van der Waals surface area contributed by atoms with Crippen molar-refractivity contribution in [3.63, 3.8) is 0 Å². The van der Waals surface area contributed by atoms with Gasteiger partial charge in [0.15, 0.2) is 0 Å². The molecule has 3 rings (SSSR count). The fraction of sp³-hybridized carbons (Fsp3) is 0.545.